The van der Waals surface area contributed by atoms with E-state index in [0.717, 1.165) is 24.1 Å². The van der Waals surface area contributed by atoms with Gasteiger partial charge in [-0.15, -0.1) is 0 Å². The van der Waals surface area contributed by atoms with Crippen molar-refractivity contribution in [1.29, 1.82) is 0 Å². The first kappa shape index (κ1) is 17.8. The lowest BCUT2D eigenvalue weighted by atomic mass is 10.2. The molecule has 0 fully saturated rings. The Balaban J connectivity index is 2.06. The minimum Gasteiger partial charge on any atom is -0.485 e. The standard InChI is InChI=1S/C19H18F2N2O3/c1-3-5-15-17(19(24)25)23-9-11(2)8-16(18(23)22-15)26-10-12-13(20)6-4-7-14(12)21/h4,6-9H,3,5,10H2,1-2H3,(H,24,25). The molecule has 2 heterocycles. The number of aryl methyl sites for hydroxylation is 2. The molecule has 0 radical (unpaired) electrons. The minimum absolute atomic E-state index is 0.0764. The Hall–Kier alpha value is -2.96. The average molecular weight is 360 g/mol. The molecule has 0 saturated heterocycles. The van der Waals surface area contributed by atoms with Gasteiger partial charge in [0, 0.05) is 6.20 Å². The average Bonchev–Trinajstić information content (AvgIpc) is 2.92. The van der Waals surface area contributed by atoms with Crippen molar-refractivity contribution in [3.63, 3.8) is 0 Å². The number of aromatic nitrogens is 2. The number of carboxylic acids is 1. The third-order valence-electron chi connectivity index (χ3n) is 4.02. The van der Waals surface area contributed by atoms with Crippen molar-refractivity contribution in [1.82, 2.24) is 9.38 Å². The number of imidazole rings is 1. The van der Waals surface area contributed by atoms with Crippen molar-refractivity contribution >= 4 is 11.6 Å². The van der Waals surface area contributed by atoms with E-state index < -0.39 is 17.6 Å². The summed E-state index contributed by atoms with van der Waals surface area (Å²) in [6.07, 6.45) is 2.89. The van der Waals surface area contributed by atoms with Crippen LogP contribution < -0.4 is 4.74 Å². The summed E-state index contributed by atoms with van der Waals surface area (Å²) in [4.78, 5) is 16.1. The van der Waals surface area contributed by atoms with Gasteiger partial charge < -0.3 is 9.84 Å². The fourth-order valence-corrected chi connectivity index (χ4v) is 2.86. The highest BCUT2D eigenvalue weighted by atomic mass is 19.1. The summed E-state index contributed by atoms with van der Waals surface area (Å²) < 4.78 is 34.7. The number of aromatic carboxylic acids is 1. The van der Waals surface area contributed by atoms with Crippen LogP contribution in [0, 0.1) is 18.6 Å². The second-order valence-electron chi connectivity index (χ2n) is 6.03. The number of ether oxygens (including phenoxy) is 1. The van der Waals surface area contributed by atoms with E-state index in [9.17, 15) is 18.7 Å². The zero-order chi connectivity index (χ0) is 18.8. The largest absolute Gasteiger partial charge is 0.485 e. The zero-order valence-corrected chi connectivity index (χ0v) is 14.4. The van der Waals surface area contributed by atoms with E-state index in [1.807, 2.05) is 6.92 Å². The number of carboxylic acid groups (broad SMARTS) is 1. The molecule has 26 heavy (non-hydrogen) atoms. The van der Waals surface area contributed by atoms with Crippen LogP contribution in [-0.2, 0) is 13.0 Å². The van der Waals surface area contributed by atoms with Gasteiger partial charge in [0.2, 0.25) is 0 Å². The van der Waals surface area contributed by atoms with Crippen LogP contribution >= 0.6 is 0 Å². The number of hydrogen-bond donors (Lipinski definition) is 1. The van der Waals surface area contributed by atoms with Crippen molar-refractivity contribution in [2.24, 2.45) is 0 Å². The van der Waals surface area contributed by atoms with E-state index in [0.29, 0.717) is 17.8 Å². The normalized spacial score (nSPS) is 11.1. The summed E-state index contributed by atoms with van der Waals surface area (Å²) in [6, 6.07) is 5.27. The Morgan fingerprint density at radius 3 is 2.62 bits per heavy atom. The van der Waals surface area contributed by atoms with E-state index in [1.165, 1.54) is 10.5 Å². The van der Waals surface area contributed by atoms with Gasteiger partial charge >= 0.3 is 5.97 Å². The zero-order valence-electron chi connectivity index (χ0n) is 14.4. The molecule has 2 aromatic heterocycles. The van der Waals surface area contributed by atoms with E-state index >= 15 is 0 Å². The first-order chi connectivity index (χ1) is 12.4. The lowest BCUT2D eigenvalue weighted by Crippen LogP contribution is -2.07. The number of carbonyl (C=O) groups is 1. The molecule has 136 valence electrons. The Morgan fingerprint density at radius 1 is 1.31 bits per heavy atom. The fourth-order valence-electron chi connectivity index (χ4n) is 2.86. The molecule has 3 aromatic rings. The van der Waals surface area contributed by atoms with Crippen molar-refractivity contribution in [3.05, 3.63) is 64.6 Å². The Labute approximate surface area is 148 Å². The third-order valence-corrected chi connectivity index (χ3v) is 4.02. The predicted molar refractivity (Wildman–Crippen MR) is 91.6 cm³/mol. The highest BCUT2D eigenvalue weighted by molar-refractivity contribution is 5.89. The van der Waals surface area contributed by atoms with E-state index in [-0.39, 0.29) is 23.6 Å². The molecule has 5 nitrogen and oxygen atoms in total. The highest BCUT2D eigenvalue weighted by Gasteiger charge is 2.21. The smallest absolute Gasteiger partial charge is 0.354 e. The van der Waals surface area contributed by atoms with Crippen molar-refractivity contribution in [2.45, 2.75) is 33.3 Å². The maximum Gasteiger partial charge on any atom is 0.354 e. The number of nitrogens with zero attached hydrogens (tertiary/aromatic N) is 2. The van der Waals surface area contributed by atoms with E-state index in [4.69, 9.17) is 4.74 Å². The Bertz CT molecular complexity index is 962. The highest BCUT2D eigenvalue weighted by Crippen LogP contribution is 2.26. The van der Waals surface area contributed by atoms with E-state index in [2.05, 4.69) is 4.98 Å². The minimum atomic E-state index is -1.09. The molecule has 1 N–H and O–H groups in total. The van der Waals surface area contributed by atoms with Crippen molar-refractivity contribution in [2.75, 3.05) is 0 Å². The first-order valence-corrected chi connectivity index (χ1v) is 8.23. The van der Waals surface area contributed by atoms with Crippen LogP contribution in [-0.4, -0.2) is 20.5 Å². The summed E-state index contributed by atoms with van der Waals surface area (Å²) >= 11 is 0. The predicted octanol–water partition coefficient (Wildman–Crippen LogP) is 4.15. The SMILES string of the molecule is CCCc1nc2c(OCc3c(F)cccc3F)cc(C)cn2c1C(=O)O. The molecule has 0 atom stereocenters. The molecule has 0 bridgehead atoms. The molecular formula is C19H18F2N2O3. The summed E-state index contributed by atoms with van der Waals surface area (Å²) in [5.41, 5.74) is 1.39. The monoisotopic (exact) mass is 360 g/mol. The van der Waals surface area contributed by atoms with Gasteiger partial charge in [-0.3, -0.25) is 4.40 Å². The van der Waals surface area contributed by atoms with Gasteiger partial charge in [0.15, 0.2) is 17.1 Å². The first-order valence-electron chi connectivity index (χ1n) is 8.23. The van der Waals surface area contributed by atoms with Gasteiger partial charge in [0.05, 0.1) is 11.3 Å². The number of rotatable bonds is 6. The maximum absolute atomic E-state index is 13.8. The summed E-state index contributed by atoms with van der Waals surface area (Å²) in [5.74, 6) is -2.21. The van der Waals surface area contributed by atoms with Gasteiger partial charge in [0.25, 0.3) is 0 Å². The van der Waals surface area contributed by atoms with Crippen LogP contribution in [0.25, 0.3) is 5.65 Å². The molecule has 0 spiro atoms. The number of halogens is 2. The van der Waals surface area contributed by atoms with Crippen LogP contribution in [0.1, 0.15) is 40.7 Å². The van der Waals surface area contributed by atoms with Gasteiger partial charge in [-0.05, 0) is 37.1 Å². The Morgan fingerprint density at radius 2 is 2.00 bits per heavy atom. The van der Waals surface area contributed by atoms with Crippen LogP contribution in [0.4, 0.5) is 8.78 Å². The van der Waals surface area contributed by atoms with Gasteiger partial charge in [-0.25, -0.2) is 18.6 Å². The molecular weight excluding hydrogens is 342 g/mol. The molecule has 0 unspecified atom stereocenters. The number of benzene rings is 1. The summed E-state index contributed by atoms with van der Waals surface area (Å²) in [5, 5.41) is 9.54. The topological polar surface area (TPSA) is 63.8 Å². The summed E-state index contributed by atoms with van der Waals surface area (Å²) in [6.45, 7) is 3.39. The molecule has 0 amide bonds. The maximum atomic E-state index is 13.8. The summed E-state index contributed by atoms with van der Waals surface area (Å²) in [7, 11) is 0. The molecule has 1 aromatic carbocycles. The third kappa shape index (κ3) is 3.24. The number of fused-ring (bicyclic) bond motifs is 1. The van der Waals surface area contributed by atoms with Crippen molar-refractivity contribution < 1.29 is 23.4 Å². The van der Waals surface area contributed by atoms with Crippen LogP contribution in [0.15, 0.2) is 30.5 Å². The molecule has 0 aliphatic heterocycles. The van der Waals surface area contributed by atoms with Crippen LogP contribution in [0.3, 0.4) is 0 Å². The van der Waals surface area contributed by atoms with E-state index in [1.54, 1.807) is 19.2 Å². The van der Waals surface area contributed by atoms with Crippen LogP contribution in [0.2, 0.25) is 0 Å². The van der Waals surface area contributed by atoms with Gasteiger partial charge in [-0.2, -0.15) is 0 Å². The van der Waals surface area contributed by atoms with Gasteiger partial charge in [0.1, 0.15) is 18.2 Å². The second kappa shape index (κ2) is 7.11. The Kier molecular flexibility index (Phi) is 4.88. The molecule has 3 rings (SSSR count). The second-order valence-corrected chi connectivity index (χ2v) is 6.03. The lowest BCUT2D eigenvalue weighted by Gasteiger charge is -2.10. The van der Waals surface area contributed by atoms with Crippen LogP contribution in [0.5, 0.6) is 5.75 Å². The number of hydrogen-bond acceptors (Lipinski definition) is 3. The molecule has 0 aliphatic carbocycles. The fraction of sp³-hybridized carbons (Fsp3) is 0.263. The van der Waals surface area contributed by atoms with Gasteiger partial charge in [-0.1, -0.05) is 19.4 Å². The molecule has 7 heteroatoms. The molecule has 0 saturated carbocycles. The molecule has 0 aliphatic rings. The number of pyridine rings is 1. The lowest BCUT2D eigenvalue weighted by molar-refractivity contribution is 0.0688. The quantitative estimate of drug-likeness (QED) is 0.717. The van der Waals surface area contributed by atoms with Crippen molar-refractivity contribution in [3.8, 4) is 5.75 Å².